The fraction of sp³-hybridized carbons (Fsp3) is 0.217. The summed E-state index contributed by atoms with van der Waals surface area (Å²) in [6.07, 6.45) is 1.98. The van der Waals surface area contributed by atoms with Crippen LogP contribution in [-0.2, 0) is 12.8 Å². The van der Waals surface area contributed by atoms with E-state index in [2.05, 4.69) is 74.5 Å². The van der Waals surface area contributed by atoms with Crippen molar-refractivity contribution >= 4 is 5.69 Å². The Bertz CT molecular complexity index is 862. The SMILES string of the molecule is CCc1cc(C2c3ccccc3-c3ccccc32)c(CC)cc1N. The average molecular weight is 313 g/mol. The van der Waals surface area contributed by atoms with Gasteiger partial charge in [-0.15, -0.1) is 0 Å². The highest BCUT2D eigenvalue weighted by Crippen LogP contribution is 2.49. The number of benzene rings is 3. The zero-order chi connectivity index (χ0) is 16.7. The maximum atomic E-state index is 6.26. The zero-order valence-corrected chi connectivity index (χ0v) is 14.3. The van der Waals surface area contributed by atoms with E-state index in [-0.39, 0.29) is 0 Å². The van der Waals surface area contributed by atoms with E-state index < -0.39 is 0 Å². The molecular formula is C23H23N. The molecule has 1 aliphatic rings. The van der Waals surface area contributed by atoms with Crippen LogP contribution in [0.3, 0.4) is 0 Å². The summed E-state index contributed by atoms with van der Waals surface area (Å²) < 4.78 is 0. The Morgan fingerprint density at radius 3 is 1.79 bits per heavy atom. The fourth-order valence-electron chi connectivity index (χ4n) is 4.10. The van der Waals surface area contributed by atoms with Gasteiger partial charge in [0.1, 0.15) is 0 Å². The van der Waals surface area contributed by atoms with Crippen LogP contribution in [0.4, 0.5) is 5.69 Å². The molecular weight excluding hydrogens is 290 g/mol. The van der Waals surface area contributed by atoms with Crippen molar-refractivity contribution in [2.24, 2.45) is 0 Å². The summed E-state index contributed by atoms with van der Waals surface area (Å²) in [7, 11) is 0. The van der Waals surface area contributed by atoms with E-state index in [0.29, 0.717) is 5.92 Å². The Kier molecular flexibility index (Phi) is 3.65. The van der Waals surface area contributed by atoms with Crippen molar-refractivity contribution in [2.45, 2.75) is 32.6 Å². The van der Waals surface area contributed by atoms with Crippen LogP contribution in [0.5, 0.6) is 0 Å². The third-order valence-electron chi connectivity index (χ3n) is 5.31. The van der Waals surface area contributed by atoms with E-state index in [9.17, 15) is 0 Å². The Hall–Kier alpha value is -2.54. The first kappa shape index (κ1) is 15.0. The lowest BCUT2D eigenvalue weighted by atomic mass is 9.84. The molecule has 1 nitrogen and oxygen atoms in total. The van der Waals surface area contributed by atoms with Gasteiger partial charge in [0.05, 0.1) is 0 Å². The molecule has 0 aromatic heterocycles. The number of aryl methyl sites for hydroxylation is 2. The molecule has 120 valence electrons. The molecule has 0 bridgehead atoms. The third-order valence-corrected chi connectivity index (χ3v) is 5.31. The molecule has 1 heteroatoms. The van der Waals surface area contributed by atoms with E-state index >= 15 is 0 Å². The molecule has 0 aliphatic heterocycles. The van der Waals surface area contributed by atoms with Crippen molar-refractivity contribution < 1.29 is 0 Å². The molecule has 0 heterocycles. The van der Waals surface area contributed by atoms with E-state index in [4.69, 9.17) is 5.73 Å². The summed E-state index contributed by atoms with van der Waals surface area (Å²) in [6.45, 7) is 4.40. The maximum Gasteiger partial charge on any atom is 0.0355 e. The second-order valence-electron chi connectivity index (χ2n) is 6.56. The van der Waals surface area contributed by atoms with Gasteiger partial charge in [0.2, 0.25) is 0 Å². The molecule has 0 radical (unpaired) electrons. The predicted octanol–water partition coefficient (Wildman–Crippen LogP) is 5.55. The van der Waals surface area contributed by atoms with E-state index in [1.165, 1.54) is 38.9 Å². The average Bonchev–Trinajstić information content (AvgIpc) is 2.96. The molecule has 0 amide bonds. The molecule has 3 aromatic carbocycles. The van der Waals surface area contributed by atoms with E-state index in [1.54, 1.807) is 0 Å². The number of rotatable bonds is 3. The molecule has 0 atom stereocenters. The number of anilines is 1. The van der Waals surface area contributed by atoms with Gasteiger partial charge in [-0.3, -0.25) is 0 Å². The Morgan fingerprint density at radius 1 is 0.708 bits per heavy atom. The Morgan fingerprint density at radius 2 is 1.25 bits per heavy atom. The highest BCUT2D eigenvalue weighted by Gasteiger charge is 2.30. The highest BCUT2D eigenvalue weighted by molar-refractivity contribution is 5.81. The zero-order valence-electron chi connectivity index (χ0n) is 14.3. The summed E-state index contributed by atoms with van der Waals surface area (Å²) in [5.41, 5.74) is 16.8. The van der Waals surface area contributed by atoms with E-state index in [0.717, 1.165) is 18.5 Å². The molecule has 1 aliphatic carbocycles. The van der Waals surface area contributed by atoms with Gasteiger partial charge in [-0.05, 0) is 57.9 Å². The topological polar surface area (TPSA) is 26.0 Å². The third kappa shape index (κ3) is 2.16. The van der Waals surface area contributed by atoms with Crippen LogP contribution < -0.4 is 5.73 Å². The molecule has 3 aromatic rings. The lowest BCUT2D eigenvalue weighted by Crippen LogP contribution is -2.06. The summed E-state index contributed by atoms with van der Waals surface area (Å²) in [5.74, 6) is 0.318. The number of hydrogen-bond acceptors (Lipinski definition) is 1. The first-order chi connectivity index (χ1) is 11.7. The van der Waals surface area contributed by atoms with Crippen molar-refractivity contribution in [3.8, 4) is 11.1 Å². The van der Waals surface area contributed by atoms with Crippen molar-refractivity contribution in [1.29, 1.82) is 0 Å². The molecule has 2 N–H and O–H groups in total. The minimum Gasteiger partial charge on any atom is -0.398 e. The highest BCUT2D eigenvalue weighted by atomic mass is 14.6. The van der Waals surface area contributed by atoms with Crippen molar-refractivity contribution in [3.05, 3.63) is 88.5 Å². The van der Waals surface area contributed by atoms with Gasteiger partial charge in [0.25, 0.3) is 0 Å². The number of hydrogen-bond donors (Lipinski definition) is 1. The van der Waals surface area contributed by atoms with E-state index in [1.807, 2.05) is 0 Å². The number of nitrogen functional groups attached to an aromatic ring is 1. The van der Waals surface area contributed by atoms with Gasteiger partial charge >= 0.3 is 0 Å². The van der Waals surface area contributed by atoms with Crippen molar-refractivity contribution in [2.75, 3.05) is 5.73 Å². The molecule has 4 rings (SSSR count). The monoisotopic (exact) mass is 313 g/mol. The summed E-state index contributed by atoms with van der Waals surface area (Å²) in [6, 6.07) is 22.2. The van der Waals surface area contributed by atoms with Gasteiger partial charge in [0.15, 0.2) is 0 Å². The van der Waals surface area contributed by atoms with Crippen LogP contribution in [0.15, 0.2) is 60.7 Å². The number of fused-ring (bicyclic) bond motifs is 3. The minimum atomic E-state index is 0.318. The standard InChI is InChI=1S/C23H23N/c1-3-15-14-22(24)16(4-2)13-21(15)23-19-11-7-5-9-17(19)18-10-6-8-12-20(18)23/h5-14,23H,3-4,24H2,1-2H3. The van der Waals surface area contributed by atoms with Crippen molar-refractivity contribution in [1.82, 2.24) is 0 Å². The molecule has 0 unspecified atom stereocenters. The van der Waals surface area contributed by atoms with Gasteiger partial charge in [0, 0.05) is 11.6 Å². The van der Waals surface area contributed by atoms with Crippen LogP contribution in [0.1, 0.15) is 47.6 Å². The van der Waals surface area contributed by atoms with Crippen molar-refractivity contribution in [3.63, 3.8) is 0 Å². The Labute approximate surface area is 144 Å². The van der Waals surface area contributed by atoms with Crippen LogP contribution in [0.25, 0.3) is 11.1 Å². The quantitative estimate of drug-likeness (QED) is 0.493. The van der Waals surface area contributed by atoms with Crippen LogP contribution in [0.2, 0.25) is 0 Å². The fourth-order valence-corrected chi connectivity index (χ4v) is 4.10. The maximum absolute atomic E-state index is 6.26. The summed E-state index contributed by atoms with van der Waals surface area (Å²) in [5, 5.41) is 0. The van der Waals surface area contributed by atoms with Gasteiger partial charge < -0.3 is 5.73 Å². The first-order valence-electron chi connectivity index (χ1n) is 8.84. The molecule has 0 fully saturated rings. The normalized spacial score (nSPS) is 12.9. The summed E-state index contributed by atoms with van der Waals surface area (Å²) in [4.78, 5) is 0. The molecule has 0 saturated heterocycles. The van der Waals surface area contributed by atoms with Gasteiger partial charge in [-0.1, -0.05) is 68.4 Å². The number of nitrogens with two attached hydrogens (primary N) is 1. The largest absolute Gasteiger partial charge is 0.398 e. The second-order valence-corrected chi connectivity index (χ2v) is 6.56. The van der Waals surface area contributed by atoms with Gasteiger partial charge in [-0.25, -0.2) is 0 Å². The van der Waals surface area contributed by atoms with Gasteiger partial charge in [-0.2, -0.15) is 0 Å². The Balaban J connectivity index is 2.00. The molecule has 0 saturated carbocycles. The van der Waals surface area contributed by atoms with Crippen LogP contribution >= 0.6 is 0 Å². The first-order valence-corrected chi connectivity index (χ1v) is 8.84. The second kappa shape index (κ2) is 5.83. The van der Waals surface area contributed by atoms with Crippen LogP contribution in [0, 0.1) is 0 Å². The lowest BCUT2D eigenvalue weighted by molar-refractivity contribution is 0.955. The molecule has 0 spiro atoms. The smallest absolute Gasteiger partial charge is 0.0355 e. The lowest BCUT2D eigenvalue weighted by Gasteiger charge is -2.20. The minimum absolute atomic E-state index is 0.318. The summed E-state index contributed by atoms with van der Waals surface area (Å²) >= 11 is 0. The molecule has 24 heavy (non-hydrogen) atoms. The van der Waals surface area contributed by atoms with Crippen LogP contribution in [-0.4, -0.2) is 0 Å². The predicted molar refractivity (Wildman–Crippen MR) is 102 cm³/mol.